The minimum atomic E-state index is 0.0930. The number of rotatable bonds is 4. The molecule has 2 N–H and O–H groups in total. The second-order valence-corrected chi connectivity index (χ2v) is 6.23. The maximum absolute atomic E-state index is 9.69. The van der Waals surface area contributed by atoms with Crippen LogP contribution in [0.1, 0.15) is 57.8 Å². The molecule has 18 heavy (non-hydrogen) atoms. The van der Waals surface area contributed by atoms with E-state index in [-0.39, 0.29) is 11.3 Å². The number of nitriles is 1. The van der Waals surface area contributed by atoms with Gasteiger partial charge in [0.25, 0.3) is 0 Å². The fourth-order valence-corrected chi connectivity index (χ4v) is 3.57. The molecule has 0 bridgehead atoms. The van der Waals surface area contributed by atoms with E-state index in [1.807, 2.05) is 0 Å². The third-order valence-electron chi connectivity index (χ3n) is 4.92. The predicted octanol–water partition coefficient (Wildman–Crippen LogP) is 2.60. The maximum atomic E-state index is 9.69. The molecule has 0 spiro atoms. The molecular formula is C15H26N2O. The van der Waals surface area contributed by atoms with Crippen molar-refractivity contribution in [3.8, 4) is 6.07 Å². The van der Waals surface area contributed by atoms with Gasteiger partial charge >= 0.3 is 0 Å². The van der Waals surface area contributed by atoms with Gasteiger partial charge in [0.2, 0.25) is 0 Å². The highest BCUT2D eigenvalue weighted by molar-refractivity contribution is 4.96. The van der Waals surface area contributed by atoms with Crippen molar-refractivity contribution in [2.75, 3.05) is 13.2 Å². The Balaban J connectivity index is 1.86. The lowest BCUT2D eigenvalue weighted by Gasteiger charge is -2.38. The van der Waals surface area contributed by atoms with E-state index in [2.05, 4.69) is 11.4 Å². The molecule has 0 amide bonds. The molecule has 0 aromatic rings. The normalized spacial score (nSPS) is 31.8. The summed E-state index contributed by atoms with van der Waals surface area (Å²) >= 11 is 0. The number of nitrogens with zero attached hydrogens (tertiary/aromatic N) is 1. The molecule has 0 aromatic heterocycles. The van der Waals surface area contributed by atoms with Gasteiger partial charge in [-0.3, -0.25) is 0 Å². The lowest BCUT2D eigenvalue weighted by molar-refractivity contribution is 0.0747. The molecule has 0 aromatic carbocycles. The first kappa shape index (κ1) is 13.8. The van der Waals surface area contributed by atoms with Crippen LogP contribution in [0, 0.1) is 22.7 Å². The lowest BCUT2D eigenvalue weighted by Crippen LogP contribution is -2.46. The van der Waals surface area contributed by atoms with E-state index < -0.39 is 0 Å². The summed E-state index contributed by atoms with van der Waals surface area (Å²) in [6, 6.07) is 2.80. The van der Waals surface area contributed by atoms with Crippen LogP contribution in [0.2, 0.25) is 0 Å². The lowest BCUT2D eigenvalue weighted by atomic mass is 9.74. The predicted molar refractivity (Wildman–Crippen MR) is 72.0 cm³/mol. The smallest absolute Gasteiger partial charge is 0.0672 e. The van der Waals surface area contributed by atoms with Crippen molar-refractivity contribution in [2.45, 2.75) is 63.8 Å². The van der Waals surface area contributed by atoms with Gasteiger partial charge in [0.05, 0.1) is 12.0 Å². The fraction of sp³-hybridized carbons (Fsp3) is 0.933. The van der Waals surface area contributed by atoms with E-state index in [1.165, 1.54) is 32.1 Å². The minimum Gasteiger partial charge on any atom is -0.396 e. The van der Waals surface area contributed by atoms with E-state index in [0.717, 1.165) is 32.2 Å². The molecule has 2 rings (SSSR count). The fourth-order valence-electron chi connectivity index (χ4n) is 3.57. The minimum absolute atomic E-state index is 0.0930. The Labute approximate surface area is 111 Å². The number of hydrogen-bond donors (Lipinski definition) is 2. The number of nitrogens with one attached hydrogen (secondary N) is 1. The van der Waals surface area contributed by atoms with Crippen LogP contribution >= 0.6 is 0 Å². The first-order valence-electron chi connectivity index (χ1n) is 7.53. The van der Waals surface area contributed by atoms with Crippen molar-refractivity contribution >= 4 is 0 Å². The Bertz CT molecular complexity index is 291. The standard InChI is InChI=1S/C15H26N2O/c16-10-13-6-2-3-7-14(13)17-11-15(12-18)8-4-1-5-9-15/h13-14,17-18H,1-9,11-12H2. The van der Waals surface area contributed by atoms with Gasteiger partial charge in [-0.25, -0.2) is 0 Å². The molecule has 0 heterocycles. The summed E-state index contributed by atoms with van der Waals surface area (Å²) < 4.78 is 0. The quantitative estimate of drug-likeness (QED) is 0.806. The summed E-state index contributed by atoms with van der Waals surface area (Å²) in [4.78, 5) is 0. The summed E-state index contributed by atoms with van der Waals surface area (Å²) in [5.41, 5.74) is 0.0930. The van der Waals surface area contributed by atoms with Crippen molar-refractivity contribution in [3.05, 3.63) is 0 Å². The molecule has 102 valence electrons. The van der Waals surface area contributed by atoms with Gasteiger partial charge in [0.15, 0.2) is 0 Å². The molecule has 3 nitrogen and oxygen atoms in total. The van der Waals surface area contributed by atoms with E-state index in [4.69, 9.17) is 0 Å². The molecule has 0 aliphatic heterocycles. The molecule has 2 atom stereocenters. The Morgan fingerprint density at radius 3 is 2.50 bits per heavy atom. The van der Waals surface area contributed by atoms with Crippen LogP contribution in [0.5, 0.6) is 0 Å². The second-order valence-electron chi connectivity index (χ2n) is 6.23. The molecule has 3 heteroatoms. The molecule has 2 fully saturated rings. The zero-order chi connectivity index (χ0) is 12.8. The molecule has 0 saturated heterocycles. The van der Waals surface area contributed by atoms with Crippen LogP contribution in [-0.4, -0.2) is 24.3 Å². The molecule has 2 aliphatic rings. The number of aliphatic hydroxyl groups excluding tert-OH is 1. The number of aliphatic hydroxyl groups is 1. The van der Waals surface area contributed by atoms with Crippen LogP contribution in [0.25, 0.3) is 0 Å². The average Bonchev–Trinajstić information content (AvgIpc) is 2.46. The summed E-state index contributed by atoms with van der Waals surface area (Å²) in [5.74, 6) is 0.179. The second kappa shape index (κ2) is 6.54. The summed E-state index contributed by atoms with van der Waals surface area (Å²) in [6.45, 7) is 1.19. The summed E-state index contributed by atoms with van der Waals surface area (Å²) in [6.07, 6.45) is 10.7. The third kappa shape index (κ3) is 3.24. The van der Waals surface area contributed by atoms with Crippen molar-refractivity contribution in [1.82, 2.24) is 5.32 Å². The topological polar surface area (TPSA) is 56.0 Å². The molecular weight excluding hydrogens is 224 g/mol. The first-order chi connectivity index (χ1) is 8.79. The van der Waals surface area contributed by atoms with E-state index in [1.54, 1.807) is 0 Å². The van der Waals surface area contributed by atoms with Gasteiger partial charge in [0.1, 0.15) is 0 Å². The van der Waals surface area contributed by atoms with Crippen molar-refractivity contribution in [3.63, 3.8) is 0 Å². The van der Waals surface area contributed by atoms with Gasteiger partial charge in [-0.15, -0.1) is 0 Å². The van der Waals surface area contributed by atoms with E-state index >= 15 is 0 Å². The summed E-state index contributed by atoms with van der Waals surface area (Å²) in [5, 5.41) is 22.5. The summed E-state index contributed by atoms with van der Waals surface area (Å²) in [7, 11) is 0. The van der Waals surface area contributed by atoms with Crippen molar-refractivity contribution in [1.29, 1.82) is 5.26 Å². The maximum Gasteiger partial charge on any atom is 0.0672 e. The molecule has 2 unspecified atom stereocenters. The monoisotopic (exact) mass is 250 g/mol. The van der Waals surface area contributed by atoms with Crippen molar-refractivity contribution < 1.29 is 5.11 Å². The highest BCUT2D eigenvalue weighted by atomic mass is 16.3. The molecule has 2 saturated carbocycles. The van der Waals surface area contributed by atoms with E-state index in [9.17, 15) is 10.4 Å². The van der Waals surface area contributed by atoms with Crippen LogP contribution in [0.15, 0.2) is 0 Å². The van der Waals surface area contributed by atoms with Gasteiger partial charge in [-0.05, 0) is 25.7 Å². The van der Waals surface area contributed by atoms with Gasteiger partial charge in [-0.2, -0.15) is 5.26 Å². The molecule has 0 radical (unpaired) electrons. The Morgan fingerprint density at radius 2 is 1.83 bits per heavy atom. The number of hydrogen-bond acceptors (Lipinski definition) is 3. The van der Waals surface area contributed by atoms with Crippen LogP contribution in [-0.2, 0) is 0 Å². The van der Waals surface area contributed by atoms with Crippen LogP contribution in [0.4, 0.5) is 0 Å². The Kier molecular flexibility index (Phi) is 5.03. The van der Waals surface area contributed by atoms with E-state index in [0.29, 0.717) is 12.6 Å². The zero-order valence-corrected chi connectivity index (χ0v) is 11.3. The third-order valence-corrected chi connectivity index (χ3v) is 4.92. The average molecular weight is 250 g/mol. The zero-order valence-electron chi connectivity index (χ0n) is 11.3. The van der Waals surface area contributed by atoms with Crippen molar-refractivity contribution in [2.24, 2.45) is 11.3 Å². The van der Waals surface area contributed by atoms with Gasteiger partial charge < -0.3 is 10.4 Å². The molecule has 2 aliphatic carbocycles. The highest BCUT2D eigenvalue weighted by Gasteiger charge is 2.33. The Hall–Kier alpha value is -0.590. The first-order valence-corrected chi connectivity index (χ1v) is 7.53. The van der Waals surface area contributed by atoms with Crippen LogP contribution in [0.3, 0.4) is 0 Å². The van der Waals surface area contributed by atoms with Crippen LogP contribution < -0.4 is 5.32 Å². The highest BCUT2D eigenvalue weighted by Crippen LogP contribution is 2.36. The Morgan fingerprint density at radius 1 is 1.11 bits per heavy atom. The SMILES string of the molecule is N#CC1CCCCC1NCC1(CO)CCCCC1. The largest absolute Gasteiger partial charge is 0.396 e. The van der Waals surface area contributed by atoms with Gasteiger partial charge in [0, 0.05) is 24.6 Å². The van der Waals surface area contributed by atoms with Gasteiger partial charge in [-0.1, -0.05) is 32.1 Å².